The highest BCUT2D eigenvalue weighted by Crippen LogP contribution is 2.34. The molecule has 0 aromatic heterocycles. The number of amides is 1. The summed E-state index contributed by atoms with van der Waals surface area (Å²) in [7, 11) is 0. The number of carbonyl (C=O) groups is 1. The van der Waals surface area contributed by atoms with Crippen molar-refractivity contribution in [3.05, 3.63) is 41.5 Å². The van der Waals surface area contributed by atoms with Crippen molar-refractivity contribution in [3.63, 3.8) is 0 Å². The summed E-state index contributed by atoms with van der Waals surface area (Å²) in [6.07, 6.45) is -6.17. The van der Waals surface area contributed by atoms with E-state index in [1.165, 1.54) is 12.1 Å². The monoisotopic (exact) mass is 580 g/mol. The Morgan fingerprint density at radius 1 is 1.18 bits per heavy atom. The molecule has 4 rings (SSSR count). The van der Waals surface area contributed by atoms with E-state index < -0.39 is 71.1 Å². The number of carbonyl (C=O) groups excluding carboxylic acids is 1. The molecule has 0 aliphatic carbocycles. The third kappa shape index (κ3) is 6.17. The van der Waals surface area contributed by atoms with Crippen molar-refractivity contribution in [2.75, 3.05) is 19.4 Å². The molecule has 3 heterocycles. The van der Waals surface area contributed by atoms with Crippen LogP contribution in [0, 0.1) is 5.92 Å². The van der Waals surface area contributed by atoms with Gasteiger partial charge in [-0.2, -0.15) is 13.2 Å². The van der Waals surface area contributed by atoms with Crippen molar-refractivity contribution in [2.45, 2.75) is 72.9 Å². The van der Waals surface area contributed by atoms with Crippen LogP contribution in [0.5, 0.6) is 0 Å². The first kappa shape index (κ1) is 29.6. The molecule has 38 heavy (non-hydrogen) atoms. The van der Waals surface area contributed by atoms with Gasteiger partial charge in [-0.25, -0.2) is 0 Å². The molecule has 1 amide bonds. The van der Waals surface area contributed by atoms with Crippen molar-refractivity contribution in [2.24, 2.45) is 5.92 Å². The van der Waals surface area contributed by atoms with Gasteiger partial charge in [0, 0.05) is 12.5 Å². The van der Waals surface area contributed by atoms with Crippen molar-refractivity contribution >= 4 is 34.8 Å². The van der Waals surface area contributed by atoms with Gasteiger partial charge in [0.15, 0.2) is 0 Å². The molecule has 2 saturated heterocycles. The van der Waals surface area contributed by atoms with Crippen LogP contribution in [0.2, 0.25) is 0 Å². The molecule has 1 aromatic carbocycles. The lowest BCUT2D eigenvalue weighted by atomic mass is 9.92. The predicted molar refractivity (Wildman–Crippen MR) is 137 cm³/mol. The SMILES string of the molecule is CSC1OC([C@H](NC(=O)[C@H]2NC[C@@H]3C=C(c4ccc(C(F)(F)F)cc4)CCO[C@@H]23)[C@H](C)Cl)C(O)C(O)C1O. The van der Waals surface area contributed by atoms with Gasteiger partial charge >= 0.3 is 6.18 Å². The number of alkyl halides is 4. The molecular formula is C25H32ClF3N2O6S. The van der Waals surface area contributed by atoms with E-state index in [-0.39, 0.29) is 12.5 Å². The third-order valence-corrected chi connectivity index (χ3v) is 8.41. The molecule has 10 atom stereocenters. The van der Waals surface area contributed by atoms with Gasteiger partial charge in [-0.05, 0) is 42.9 Å². The van der Waals surface area contributed by atoms with Crippen LogP contribution in [0.3, 0.4) is 0 Å². The maximum absolute atomic E-state index is 13.4. The molecule has 0 saturated carbocycles. The van der Waals surface area contributed by atoms with Gasteiger partial charge in [-0.3, -0.25) is 4.79 Å². The predicted octanol–water partition coefficient (Wildman–Crippen LogP) is 1.75. The summed E-state index contributed by atoms with van der Waals surface area (Å²) in [6, 6.07) is 3.34. The summed E-state index contributed by atoms with van der Waals surface area (Å²) < 4.78 is 50.6. The van der Waals surface area contributed by atoms with Gasteiger partial charge in [-0.1, -0.05) is 18.2 Å². The highest BCUT2D eigenvalue weighted by molar-refractivity contribution is 7.99. The number of hydrogen-bond donors (Lipinski definition) is 5. The minimum Gasteiger partial charge on any atom is -0.388 e. The summed E-state index contributed by atoms with van der Waals surface area (Å²) in [4.78, 5) is 13.4. The van der Waals surface area contributed by atoms with Gasteiger partial charge in [0.2, 0.25) is 5.91 Å². The maximum atomic E-state index is 13.4. The van der Waals surface area contributed by atoms with E-state index in [0.29, 0.717) is 18.5 Å². The van der Waals surface area contributed by atoms with Crippen LogP contribution in [-0.4, -0.2) is 94.1 Å². The summed E-state index contributed by atoms with van der Waals surface area (Å²) in [5.41, 5.74) is -0.0273. The Morgan fingerprint density at radius 3 is 2.47 bits per heavy atom. The van der Waals surface area contributed by atoms with E-state index in [1.807, 2.05) is 6.08 Å². The molecule has 5 N–H and O–H groups in total. The Hall–Kier alpha value is -1.38. The summed E-state index contributed by atoms with van der Waals surface area (Å²) >= 11 is 7.53. The number of aliphatic hydroxyl groups is 3. The van der Waals surface area contributed by atoms with Crippen LogP contribution < -0.4 is 10.6 Å². The molecule has 212 valence electrons. The highest BCUT2D eigenvalue weighted by atomic mass is 35.5. The fourth-order valence-corrected chi connectivity index (χ4v) is 6.08. The largest absolute Gasteiger partial charge is 0.416 e. The van der Waals surface area contributed by atoms with E-state index in [4.69, 9.17) is 21.1 Å². The Balaban J connectivity index is 1.47. The minimum absolute atomic E-state index is 0.202. The molecule has 3 aliphatic rings. The van der Waals surface area contributed by atoms with Crippen LogP contribution in [-0.2, 0) is 20.4 Å². The van der Waals surface area contributed by atoms with Crippen molar-refractivity contribution in [3.8, 4) is 0 Å². The standard InChI is InChI=1S/C25H32ClF3N2O6S/c1-11(26)16(22-19(33)18(32)20(34)24(37-22)38-2)31-23(35)17-21-14(10-30-17)9-13(7-8-36-21)12-3-5-15(6-4-12)25(27,28)29/h3-6,9,11,14,16-22,24,30,32-34H,7-8,10H2,1-2H3,(H,31,35)/t11-,14-,16+,17-,18?,19?,20?,21+,22?,24?/m0/s1. The molecule has 3 aliphatic heterocycles. The van der Waals surface area contributed by atoms with Crippen LogP contribution >= 0.6 is 23.4 Å². The van der Waals surface area contributed by atoms with Gasteiger partial charge in [-0.15, -0.1) is 23.4 Å². The van der Waals surface area contributed by atoms with E-state index in [0.717, 1.165) is 29.5 Å². The smallest absolute Gasteiger partial charge is 0.388 e. The molecular weight excluding hydrogens is 549 g/mol. The topological polar surface area (TPSA) is 120 Å². The zero-order valence-corrected chi connectivity index (χ0v) is 22.3. The average molecular weight is 581 g/mol. The van der Waals surface area contributed by atoms with Gasteiger partial charge in [0.25, 0.3) is 0 Å². The normalized spacial score (nSPS) is 35.6. The summed E-state index contributed by atoms with van der Waals surface area (Å²) in [6.45, 7) is 2.31. The number of nitrogens with one attached hydrogen (secondary N) is 2. The van der Waals surface area contributed by atoms with Crippen LogP contribution in [0.25, 0.3) is 5.57 Å². The highest BCUT2D eigenvalue weighted by Gasteiger charge is 2.49. The Labute approximate surface area is 227 Å². The first-order valence-corrected chi connectivity index (χ1v) is 14.0. The molecule has 1 aromatic rings. The van der Waals surface area contributed by atoms with Crippen molar-refractivity contribution < 1.29 is 42.8 Å². The number of benzene rings is 1. The molecule has 5 unspecified atom stereocenters. The van der Waals surface area contributed by atoms with E-state index >= 15 is 0 Å². The molecule has 0 radical (unpaired) electrons. The minimum atomic E-state index is -4.41. The lowest BCUT2D eigenvalue weighted by Crippen LogP contribution is -2.65. The van der Waals surface area contributed by atoms with Crippen molar-refractivity contribution in [1.82, 2.24) is 10.6 Å². The number of fused-ring (bicyclic) bond motifs is 1. The fraction of sp³-hybridized carbons (Fsp3) is 0.640. The van der Waals surface area contributed by atoms with Crippen LogP contribution in [0.1, 0.15) is 24.5 Å². The van der Waals surface area contributed by atoms with Crippen LogP contribution in [0.15, 0.2) is 30.3 Å². The lowest BCUT2D eigenvalue weighted by Gasteiger charge is -2.44. The van der Waals surface area contributed by atoms with Gasteiger partial charge in [0.05, 0.1) is 29.7 Å². The van der Waals surface area contributed by atoms with Gasteiger partial charge in [0.1, 0.15) is 35.9 Å². The lowest BCUT2D eigenvalue weighted by molar-refractivity contribution is -0.205. The third-order valence-electron chi connectivity index (χ3n) is 7.28. The maximum Gasteiger partial charge on any atom is 0.416 e. The average Bonchev–Trinajstić information content (AvgIpc) is 3.15. The molecule has 2 fully saturated rings. The Bertz CT molecular complexity index is 1010. The summed E-state index contributed by atoms with van der Waals surface area (Å²) in [5, 5.41) is 36.3. The second-order valence-electron chi connectivity index (χ2n) is 9.79. The second-order valence-corrected chi connectivity index (χ2v) is 11.4. The number of rotatable bonds is 6. The number of hydrogen-bond acceptors (Lipinski definition) is 8. The van der Waals surface area contributed by atoms with Crippen LogP contribution in [0.4, 0.5) is 13.2 Å². The Kier molecular flexibility index (Phi) is 9.36. The number of ether oxygens (including phenoxy) is 2. The molecule has 8 nitrogen and oxygen atoms in total. The van der Waals surface area contributed by atoms with Gasteiger partial charge < -0.3 is 35.4 Å². The number of aliphatic hydroxyl groups excluding tert-OH is 3. The van der Waals surface area contributed by atoms with E-state index in [9.17, 15) is 33.3 Å². The molecule has 0 spiro atoms. The number of halogens is 4. The zero-order chi connectivity index (χ0) is 27.8. The fourth-order valence-electron chi connectivity index (χ4n) is 5.20. The van der Waals surface area contributed by atoms with E-state index in [1.54, 1.807) is 13.2 Å². The first-order valence-electron chi connectivity index (χ1n) is 12.3. The molecule has 0 bridgehead atoms. The van der Waals surface area contributed by atoms with E-state index in [2.05, 4.69) is 10.6 Å². The van der Waals surface area contributed by atoms with Crippen molar-refractivity contribution in [1.29, 1.82) is 0 Å². The second kappa shape index (κ2) is 12.0. The first-order chi connectivity index (χ1) is 17.9. The number of thioether (sulfide) groups is 1. The Morgan fingerprint density at radius 2 is 1.87 bits per heavy atom. The summed E-state index contributed by atoms with van der Waals surface area (Å²) in [5.74, 6) is -0.634. The zero-order valence-electron chi connectivity index (χ0n) is 20.8. The molecule has 13 heteroatoms. The quantitative estimate of drug-likeness (QED) is 0.323.